The Morgan fingerprint density at radius 3 is 2.78 bits per heavy atom. The van der Waals surface area contributed by atoms with Gasteiger partial charge < -0.3 is 5.11 Å². The lowest BCUT2D eigenvalue weighted by atomic mass is 9.83. The molecule has 0 unspecified atom stereocenters. The Kier molecular flexibility index (Phi) is 4.04. The largest absolute Gasteiger partial charge is 0.477 e. The molecule has 5 nitrogen and oxygen atoms in total. The summed E-state index contributed by atoms with van der Waals surface area (Å²) in [5.41, 5.74) is 0. The van der Waals surface area contributed by atoms with Crippen molar-refractivity contribution < 1.29 is 18.3 Å². The van der Waals surface area contributed by atoms with E-state index in [2.05, 4.69) is 4.72 Å². The predicted molar refractivity (Wildman–Crippen MR) is 68.4 cm³/mol. The lowest BCUT2D eigenvalue weighted by molar-refractivity contribution is 0.0698. The third-order valence-electron chi connectivity index (χ3n) is 3.18. The summed E-state index contributed by atoms with van der Waals surface area (Å²) < 4.78 is 26.3. The molecule has 0 amide bonds. The number of carbonyl (C=O) groups is 1. The summed E-state index contributed by atoms with van der Waals surface area (Å²) in [6.45, 7) is 0.377. The Morgan fingerprint density at radius 1 is 1.50 bits per heavy atom. The van der Waals surface area contributed by atoms with Gasteiger partial charge in [-0.25, -0.2) is 17.9 Å². The average Bonchev–Trinajstić information content (AvgIpc) is 2.71. The number of thiophene rings is 1. The third-order valence-corrected chi connectivity index (χ3v) is 5.72. The highest BCUT2D eigenvalue weighted by molar-refractivity contribution is 7.89. The Morgan fingerprint density at radius 2 is 2.22 bits per heavy atom. The van der Waals surface area contributed by atoms with E-state index in [1.54, 1.807) is 0 Å². The van der Waals surface area contributed by atoms with E-state index in [0.717, 1.165) is 17.8 Å². The molecule has 0 aromatic carbocycles. The lowest BCUT2D eigenvalue weighted by Gasteiger charge is -2.25. The van der Waals surface area contributed by atoms with Crippen molar-refractivity contribution in [3.05, 3.63) is 16.3 Å². The van der Waals surface area contributed by atoms with E-state index in [0.29, 0.717) is 12.5 Å². The second-order valence-corrected chi connectivity index (χ2v) is 7.05. The SMILES string of the molecule is O=C(O)c1sccc1S(=O)(=O)NCCC1CCC1. The molecule has 1 saturated carbocycles. The van der Waals surface area contributed by atoms with Crippen LogP contribution in [0.4, 0.5) is 0 Å². The Hall–Kier alpha value is -0.920. The van der Waals surface area contributed by atoms with E-state index >= 15 is 0 Å². The number of carboxylic acids is 1. The maximum Gasteiger partial charge on any atom is 0.347 e. The monoisotopic (exact) mass is 289 g/mol. The minimum atomic E-state index is -3.69. The van der Waals surface area contributed by atoms with E-state index in [1.165, 1.54) is 30.7 Å². The van der Waals surface area contributed by atoms with Crippen LogP contribution in [0.2, 0.25) is 0 Å². The van der Waals surface area contributed by atoms with Gasteiger partial charge in [0.15, 0.2) is 0 Å². The fourth-order valence-corrected chi connectivity index (χ4v) is 4.23. The fraction of sp³-hybridized carbons (Fsp3) is 0.545. The van der Waals surface area contributed by atoms with Crippen molar-refractivity contribution in [2.24, 2.45) is 5.92 Å². The van der Waals surface area contributed by atoms with Crippen molar-refractivity contribution in [2.45, 2.75) is 30.6 Å². The first-order chi connectivity index (χ1) is 8.50. The summed E-state index contributed by atoms with van der Waals surface area (Å²) in [5.74, 6) is -0.585. The van der Waals surface area contributed by atoms with Crippen molar-refractivity contribution in [3.63, 3.8) is 0 Å². The molecule has 0 aliphatic heterocycles. The summed E-state index contributed by atoms with van der Waals surface area (Å²) >= 11 is 0.921. The van der Waals surface area contributed by atoms with Crippen LogP contribution in [0.15, 0.2) is 16.3 Å². The summed E-state index contributed by atoms with van der Waals surface area (Å²) in [5, 5.41) is 10.4. The van der Waals surface area contributed by atoms with Crippen molar-refractivity contribution in [1.29, 1.82) is 0 Å². The molecule has 1 heterocycles. The Bertz CT molecular complexity index is 531. The zero-order valence-electron chi connectivity index (χ0n) is 9.76. The molecular formula is C11H15NO4S2. The van der Waals surface area contributed by atoms with E-state index < -0.39 is 16.0 Å². The number of hydrogen-bond donors (Lipinski definition) is 2. The standard InChI is InChI=1S/C11H15NO4S2/c13-11(14)10-9(5-7-17-10)18(15,16)12-6-4-8-2-1-3-8/h5,7-8,12H,1-4,6H2,(H,13,14). The molecule has 1 aliphatic rings. The highest BCUT2D eigenvalue weighted by Gasteiger charge is 2.24. The van der Waals surface area contributed by atoms with Crippen LogP contribution in [-0.4, -0.2) is 26.0 Å². The van der Waals surface area contributed by atoms with Crippen molar-refractivity contribution >= 4 is 27.3 Å². The van der Waals surface area contributed by atoms with Crippen LogP contribution in [0.3, 0.4) is 0 Å². The second kappa shape index (κ2) is 5.38. The Balaban J connectivity index is 2.00. The zero-order valence-corrected chi connectivity index (χ0v) is 11.4. The van der Waals surface area contributed by atoms with Gasteiger partial charge in [0.05, 0.1) is 0 Å². The van der Waals surface area contributed by atoms with Crippen LogP contribution in [0, 0.1) is 5.92 Å². The molecule has 7 heteroatoms. The van der Waals surface area contributed by atoms with Gasteiger partial charge in [-0.3, -0.25) is 0 Å². The molecule has 2 rings (SSSR count). The van der Waals surface area contributed by atoms with Crippen LogP contribution < -0.4 is 4.72 Å². The normalized spacial score (nSPS) is 16.4. The summed E-state index contributed by atoms with van der Waals surface area (Å²) in [7, 11) is -3.69. The van der Waals surface area contributed by atoms with E-state index in [-0.39, 0.29) is 9.77 Å². The summed E-state index contributed by atoms with van der Waals surface area (Å²) in [4.78, 5) is 10.6. The number of nitrogens with one attached hydrogen (secondary N) is 1. The summed E-state index contributed by atoms with van der Waals surface area (Å²) in [6.07, 6.45) is 4.39. The van der Waals surface area contributed by atoms with Gasteiger partial charge in [0, 0.05) is 6.54 Å². The molecule has 1 fully saturated rings. The van der Waals surface area contributed by atoms with Gasteiger partial charge in [0.25, 0.3) is 0 Å². The maximum atomic E-state index is 11.9. The van der Waals surface area contributed by atoms with Gasteiger partial charge in [0.1, 0.15) is 9.77 Å². The molecule has 0 saturated heterocycles. The van der Waals surface area contributed by atoms with Gasteiger partial charge in [-0.05, 0) is 23.8 Å². The fourth-order valence-electron chi connectivity index (χ4n) is 1.92. The zero-order chi connectivity index (χ0) is 13.2. The van der Waals surface area contributed by atoms with Crippen LogP contribution in [0.25, 0.3) is 0 Å². The lowest BCUT2D eigenvalue weighted by Crippen LogP contribution is -2.28. The molecule has 0 radical (unpaired) electrons. The summed E-state index contributed by atoms with van der Waals surface area (Å²) in [6, 6.07) is 1.33. The highest BCUT2D eigenvalue weighted by Crippen LogP contribution is 2.29. The first kappa shape index (κ1) is 13.5. The van der Waals surface area contributed by atoms with Crippen LogP contribution in [0.5, 0.6) is 0 Å². The molecule has 100 valence electrons. The Labute approximate surface area is 110 Å². The molecule has 1 aromatic heterocycles. The minimum absolute atomic E-state index is 0.131. The third kappa shape index (κ3) is 2.90. The van der Waals surface area contributed by atoms with Gasteiger partial charge >= 0.3 is 5.97 Å². The first-order valence-electron chi connectivity index (χ1n) is 5.81. The topological polar surface area (TPSA) is 83.5 Å². The molecule has 2 N–H and O–H groups in total. The quantitative estimate of drug-likeness (QED) is 0.838. The first-order valence-corrected chi connectivity index (χ1v) is 8.17. The predicted octanol–water partition coefficient (Wildman–Crippen LogP) is 1.91. The molecule has 18 heavy (non-hydrogen) atoms. The second-order valence-electron chi connectivity index (χ2n) is 4.40. The molecule has 1 aromatic rings. The van der Waals surface area contributed by atoms with Crippen molar-refractivity contribution in [3.8, 4) is 0 Å². The van der Waals surface area contributed by atoms with Crippen molar-refractivity contribution in [2.75, 3.05) is 6.54 Å². The molecule has 1 aliphatic carbocycles. The van der Waals surface area contributed by atoms with Gasteiger partial charge in [0.2, 0.25) is 10.0 Å². The highest BCUT2D eigenvalue weighted by atomic mass is 32.2. The van der Waals surface area contributed by atoms with Crippen molar-refractivity contribution in [1.82, 2.24) is 4.72 Å². The van der Waals surface area contributed by atoms with Crippen LogP contribution in [0.1, 0.15) is 35.4 Å². The average molecular weight is 289 g/mol. The minimum Gasteiger partial charge on any atom is -0.477 e. The number of rotatable bonds is 6. The van der Waals surface area contributed by atoms with Gasteiger partial charge in [-0.2, -0.15) is 0 Å². The number of carboxylic acid groups (broad SMARTS) is 1. The number of hydrogen-bond acceptors (Lipinski definition) is 4. The molecular weight excluding hydrogens is 274 g/mol. The molecule has 0 atom stereocenters. The van der Waals surface area contributed by atoms with E-state index in [9.17, 15) is 13.2 Å². The van der Waals surface area contributed by atoms with E-state index in [1.807, 2.05) is 0 Å². The van der Waals surface area contributed by atoms with Gasteiger partial charge in [-0.1, -0.05) is 19.3 Å². The smallest absolute Gasteiger partial charge is 0.347 e. The number of aromatic carboxylic acids is 1. The van der Waals surface area contributed by atoms with Gasteiger partial charge in [-0.15, -0.1) is 11.3 Å². The number of sulfonamides is 1. The van der Waals surface area contributed by atoms with Crippen LogP contribution >= 0.6 is 11.3 Å². The maximum absolute atomic E-state index is 11.9. The van der Waals surface area contributed by atoms with Crippen LogP contribution in [-0.2, 0) is 10.0 Å². The van der Waals surface area contributed by atoms with E-state index in [4.69, 9.17) is 5.11 Å². The molecule has 0 bridgehead atoms. The molecule has 0 spiro atoms.